The normalized spacial score (nSPS) is 10.8. The second-order valence-corrected chi connectivity index (χ2v) is 3.23. The Labute approximate surface area is 103 Å². The van der Waals surface area contributed by atoms with Gasteiger partial charge in [0.1, 0.15) is 0 Å². The van der Waals surface area contributed by atoms with Gasteiger partial charge in [-0.2, -0.15) is 18.6 Å². The minimum atomic E-state index is -4.67. The molecule has 0 aliphatic heterocycles. The fourth-order valence-corrected chi connectivity index (χ4v) is 0.356. The summed E-state index contributed by atoms with van der Waals surface area (Å²) < 4.78 is 31.6. The topological polar surface area (TPSA) is 228 Å². The summed E-state index contributed by atoms with van der Waals surface area (Å²) in [6, 6.07) is 0. The van der Waals surface area contributed by atoms with E-state index in [-0.39, 0.29) is 11.9 Å². The van der Waals surface area contributed by atoms with Crippen molar-refractivity contribution in [1.29, 1.82) is 0 Å². The molecule has 12 nitrogen and oxygen atoms in total. The van der Waals surface area contributed by atoms with E-state index in [1.54, 1.807) is 0 Å². The lowest BCUT2D eigenvalue weighted by atomic mass is 10.5. The SMILES string of the molecule is NC(N)=N/N=C/C/C=N/N=C(N)N.O=S(=O)(O)O. The number of guanidine groups is 2. The molecule has 0 unspecified atom stereocenters. The Morgan fingerprint density at radius 3 is 1.44 bits per heavy atom. The summed E-state index contributed by atoms with van der Waals surface area (Å²) in [5.41, 5.74) is 20.0. The smallest absolute Gasteiger partial charge is 0.369 e. The van der Waals surface area contributed by atoms with Crippen molar-refractivity contribution < 1.29 is 17.5 Å². The van der Waals surface area contributed by atoms with E-state index < -0.39 is 10.4 Å². The van der Waals surface area contributed by atoms with Gasteiger partial charge in [-0.1, -0.05) is 0 Å². The Bertz CT molecular complexity index is 396. The van der Waals surface area contributed by atoms with Crippen LogP contribution in [-0.2, 0) is 10.4 Å². The number of nitrogens with zero attached hydrogens (tertiary/aromatic N) is 4. The van der Waals surface area contributed by atoms with Gasteiger partial charge >= 0.3 is 10.4 Å². The highest BCUT2D eigenvalue weighted by Crippen LogP contribution is 1.73. The molecule has 0 saturated carbocycles. The molecule has 0 heterocycles. The van der Waals surface area contributed by atoms with Crippen LogP contribution >= 0.6 is 0 Å². The summed E-state index contributed by atoms with van der Waals surface area (Å²) >= 11 is 0. The van der Waals surface area contributed by atoms with Crippen LogP contribution in [-0.4, -0.2) is 41.9 Å². The van der Waals surface area contributed by atoms with Crippen molar-refractivity contribution in [2.75, 3.05) is 0 Å². The average Bonchev–Trinajstić information content (AvgIpc) is 2.12. The number of nitrogens with two attached hydrogens (primary N) is 4. The average molecular weight is 282 g/mol. The molecule has 0 aromatic rings. The third-order valence-electron chi connectivity index (χ3n) is 0.721. The molecule has 0 radical (unpaired) electrons. The number of hydrogen-bond donors (Lipinski definition) is 6. The number of hydrogen-bond acceptors (Lipinski definition) is 6. The summed E-state index contributed by atoms with van der Waals surface area (Å²) in [5.74, 6) is -0.199. The highest BCUT2D eigenvalue weighted by Gasteiger charge is 1.84. The third kappa shape index (κ3) is 37.2. The summed E-state index contributed by atoms with van der Waals surface area (Å²) in [6.07, 6.45) is 3.34. The van der Waals surface area contributed by atoms with E-state index in [0.717, 1.165) is 0 Å². The van der Waals surface area contributed by atoms with Crippen LogP contribution in [0, 0.1) is 0 Å². The Balaban J connectivity index is 0. The molecule has 10 N–H and O–H groups in total. The van der Waals surface area contributed by atoms with E-state index in [9.17, 15) is 0 Å². The molecule has 0 aliphatic rings. The standard InChI is InChI=1S/C5H12N8.H2O4S/c6-4(7)12-10-2-1-3-11-13-5(8)9;1-5(2,3)4/h2-3H,1H2,(H4,6,7,12)(H4,8,9,13);(H2,1,2,3,4)/b10-2+,11-3+;. The van der Waals surface area contributed by atoms with Crippen LogP contribution in [0.4, 0.5) is 0 Å². The van der Waals surface area contributed by atoms with Crippen molar-refractivity contribution in [1.82, 2.24) is 0 Å². The van der Waals surface area contributed by atoms with Crippen LogP contribution < -0.4 is 22.9 Å². The molecule has 0 aromatic heterocycles. The summed E-state index contributed by atoms with van der Waals surface area (Å²) in [4.78, 5) is 0. The van der Waals surface area contributed by atoms with Gasteiger partial charge in [0.2, 0.25) is 11.9 Å². The molecule has 0 rings (SSSR count). The van der Waals surface area contributed by atoms with E-state index >= 15 is 0 Å². The Kier molecular flexibility index (Phi) is 10.0. The summed E-state index contributed by atoms with van der Waals surface area (Å²) in [6.45, 7) is 0. The van der Waals surface area contributed by atoms with Crippen molar-refractivity contribution in [2.24, 2.45) is 43.3 Å². The van der Waals surface area contributed by atoms with Crippen molar-refractivity contribution in [2.45, 2.75) is 6.42 Å². The van der Waals surface area contributed by atoms with Crippen molar-refractivity contribution in [3.05, 3.63) is 0 Å². The van der Waals surface area contributed by atoms with E-state index in [2.05, 4.69) is 20.4 Å². The Hall–Kier alpha value is -2.25. The largest absolute Gasteiger partial charge is 0.394 e. The number of rotatable bonds is 4. The maximum absolute atomic E-state index is 8.74. The van der Waals surface area contributed by atoms with E-state index in [1.807, 2.05) is 0 Å². The zero-order valence-electron chi connectivity index (χ0n) is 9.08. The van der Waals surface area contributed by atoms with Crippen molar-refractivity contribution in [3.63, 3.8) is 0 Å². The van der Waals surface area contributed by atoms with E-state index in [1.165, 1.54) is 12.4 Å². The van der Waals surface area contributed by atoms with Gasteiger partial charge in [-0.05, 0) is 0 Å². The lowest BCUT2D eigenvalue weighted by Gasteiger charge is -1.83. The first kappa shape index (κ1) is 18.1. The van der Waals surface area contributed by atoms with Crippen LogP contribution in [0.5, 0.6) is 0 Å². The Morgan fingerprint density at radius 1 is 0.944 bits per heavy atom. The van der Waals surface area contributed by atoms with Gasteiger partial charge in [0.25, 0.3) is 0 Å². The first-order valence-electron chi connectivity index (χ1n) is 4.03. The molecule has 0 aliphatic carbocycles. The lowest BCUT2D eigenvalue weighted by Crippen LogP contribution is -2.21. The maximum Gasteiger partial charge on any atom is 0.394 e. The monoisotopic (exact) mass is 282 g/mol. The highest BCUT2D eigenvalue weighted by molar-refractivity contribution is 7.79. The van der Waals surface area contributed by atoms with Crippen LogP contribution in [0.1, 0.15) is 6.42 Å². The van der Waals surface area contributed by atoms with Gasteiger partial charge in [0.05, 0.1) is 0 Å². The quantitative estimate of drug-likeness (QED) is 0.136. The lowest BCUT2D eigenvalue weighted by molar-refractivity contribution is 0.381. The molecule has 0 bridgehead atoms. The van der Waals surface area contributed by atoms with E-state index in [0.29, 0.717) is 6.42 Å². The molecule has 18 heavy (non-hydrogen) atoms. The van der Waals surface area contributed by atoms with E-state index in [4.69, 9.17) is 40.5 Å². The summed E-state index contributed by atoms with van der Waals surface area (Å²) in [5, 5.41) is 13.7. The first-order chi connectivity index (χ1) is 8.13. The summed E-state index contributed by atoms with van der Waals surface area (Å²) in [7, 11) is -4.67. The molecule has 0 spiro atoms. The molecule has 0 saturated heterocycles. The minimum absolute atomic E-state index is 0.0996. The van der Waals surface area contributed by atoms with Crippen molar-refractivity contribution in [3.8, 4) is 0 Å². The van der Waals surface area contributed by atoms with Crippen molar-refractivity contribution >= 4 is 34.7 Å². The molecule has 13 heteroatoms. The van der Waals surface area contributed by atoms with Crippen LogP contribution in [0.15, 0.2) is 20.4 Å². The van der Waals surface area contributed by atoms with Crippen LogP contribution in [0.2, 0.25) is 0 Å². The van der Waals surface area contributed by atoms with Gasteiger partial charge in [0.15, 0.2) is 0 Å². The molecule has 0 amide bonds. The molecular formula is C5H14N8O4S. The zero-order chi connectivity index (χ0) is 14.6. The molecule has 0 aromatic carbocycles. The fraction of sp³-hybridized carbons (Fsp3) is 0.200. The van der Waals surface area contributed by atoms with Gasteiger partial charge in [0, 0.05) is 18.9 Å². The second-order valence-electron chi connectivity index (χ2n) is 2.33. The third-order valence-corrected chi connectivity index (χ3v) is 0.721. The molecule has 0 atom stereocenters. The second kappa shape index (κ2) is 9.94. The van der Waals surface area contributed by atoms with Crippen LogP contribution in [0.3, 0.4) is 0 Å². The highest BCUT2D eigenvalue weighted by atomic mass is 32.3. The maximum atomic E-state index is 8.74. The minimum Gasteiger partial charge on any atom is -0.369 e. The van der Waals surface area contributed by atoms with Gasteiger partial charge < -0.3 is 22.9 Å². The molecular weight excluding hydrogens is 268 g/mol. The van der Waals surface area contributed by atoms with Gasteiger partial charge in [-0.15, -0.1) is 10.2 Å². The van der Waals surface area contributed by atoms with Gasteiger partial charge in [-0.3, -0.25) is 9.11 Å². The van der Waals surface area contributed by atoms with Gasteiger partial charge in [-0.25, -0.2) is 0 Å². The fourth-order valence-electron chi connectivity index (χ4n) is 0.356. The Morgan fingerprint density at radius 2 is 1.22 bits per heavy atom. The predicted octanol–water partition coefficient (Wildman–Crippen LogP) is -2.76. The molecule has 104 valence electrons. The predicted molar refractivity (Wildman–Crippen MR) is 67.4 cm³/mol. The van der Waals surface area contributed by atoms with Crippen LogP contribution in [0.25, 0.3) is 0 Å². The first-order valence-corrected chi connectivity index (χ1v) is 5.43. The zero-order valence-corrected chi connectivity index (χ0v) is 9.90. The molecule has 0 fully saturated rings.